The minimum atomic E-state index is 0.175. The van der Waals surface area contributed by atoms with Crippen molar-refractivity contribution in [3.63, 3.8) is 0 Å². The van der Waals surface area contributed by atoms with Gasteiger partial charge in [0.05, 0.1) is 6.26 Å². The van der Waals surface area contributed by atoms with Gasteiger partial charge in [-0.2, -0.15) is 0 Å². The number of rotatable bonds is 3. The molecule has 0 unspecified atom stereocenters. The topological polar surface area (TPSA) is 25.2 Å². The summed E-state index contributed by atoms with van der Waals surface area (Å²) in [5.74, 6) is 0. The fraction of sp³-hybridized carbons (Fsp3) is 0.500. The van der Waals surface area contributed by atoms with Gasteiger partial charge in [-0.15, -0.1) is 0 Å². The monoisotopic (exact) mass is 245 g/mol. The summed E-state index contributed by atoms with van der Waals surface area (Å²) in [5, 5.41) is 4.67. The summed E-state index contributed by atoms with van der Waals surface area (Å²) in [5.41, 5.74) is 3.74. The summed E-state index contributed by atoms with van der Waals surface area (Å²) in [6.45, 7) is 11.9. The molecule has 0 spiro atoms. The average Bonchev–Trinajstić information content (AvgIpc) is 2.67. The van der Waals surface area contributed by atoms with Crippen LogP contribution in [0.2, 0.25) is 0 Å². The van der Waals surface area contributed by atoms with Crippen molar-refractivity contribution < 1.29 is 4.42 Å². The second kappa shape index (κ2) is 4.77. The molecule has 0 atom stereocenters. The van der Waals surface area contributed by atoms with Gasteiger partial charge in [0.25, 0.3) is 0 Å². The highest BCUT2D eigenvalue weighted by Gasteiger charge is 2.15. The summed E-state index contributed by atoms with van der Waals surface area (Å²) < 4.78 is 5.61. The molecule has 1 N–H and O–H groups in total. The van der Waals surface area contributed by atoms with Crippen LogP contribution in [0, 0.1) is 0 Å². The van der Waals surface area contributed by atoms with Crippen LogP contribution < -0.4 is 5.32 Å². The molecule has 0 aliphatic carbocycles. The van der Waals surface area contributed by atoms with Gasteiger partial charge in [-0.1, -0.05) is 40.7 Å². The van der Waals surface area contributed by atoms with Gasteiger partial charge in [-0.25, -0.2) is 0 Å². The highest BCUT2D eigenvalue weighted by molar-refractivity contribution is 5.82. The maximum Gasteiger partial charge on any atom is 0.134 e. The lowest BCUT2D eigenvalue weighted by Crippen LogP contribution is -2.21. The molecule has 0 aliphatic heterocycles. The third-order valence-electron chi connectivity index (χ3n) is 3.22. The second-order valence-corrected chi connectivity index (χ2v) is 6.26. The van der Waals surface area contributed by atoms with Crippen LogP contribution in [-0.2, 0) is 12.0 Å². The number of benzene rings is 1. The zero-order valence-corrected chi connectivity index (χ0v) is 12.0. The molecule has 0 saturated carbocycles. The molecule has 0 fully saturated rings. The van der Waals surface area contributed by atoms with Gasteiger partial charge in [0.2, 0.25) is 0 Å². The molecule has 2 heteroatoms. The Morgan fingerprint density at radius 1 is 1.22 bits per heavy atom. The van der Waals surface area contributed by atoms with Crippen molar-refractivity contribution in [2.75, 3.05) is 0 Å². The van der Waals surface area contributed by atoms with E-state index < -0.39 is 0 Å². The van der Waals surface area contributed by atoms with Crippen molar-refractivity contribution in [3.05, 3.63) is 35.6 Å². The smallest absolute Gasteiger partial charge is 0.134 e. The number of hydrogen-bond acceptors (Lipinski definition) is 2. The van der Waals surface area contributed by atoms with Gasteiger partial charge in [0.1, 0.15) is 5.58 Å². The van der Waals surface area contributed by atoms with E-state index in [0.717, 1.165) is 12.1 Å². The van der Waals surface area contributed by atoms with Gasteiger partial charge in [0, 0.05) is 23.5 Å². The van der Waals surface area contributed by atoms with E-state index in [1.807, 2.05) is 6.26 Å². The van der Waals surface area contributed by atoms with Crippen LogP contribution in [0.4, 0.5) is 0 Å². The first kappa shape index (κ1) is 13.2. The van der Waals surface area contributed by atoms with Gasteiger partial charge < -0.3 is 9.73 Å². The van der Waals surface area contributed by atoms with E-state index in [9.17, 15) is 0 Å². The first-order chi connectivity index (χ1) is 8.38. The molecule has 0 bridgehead atoms. The van der Waals surface area contributed by atoms with Gasteiger partial charge in [0.15, 0.2) is 0 Å². The predicted molar refractivity (Wildman–Crippen MR) is 76.9 cm³/mol. The zero-order chi connectivity index (χ0) is 13.3. The molecule has 0 radical (unpaired) electrons. The molecule has 1 aromatic heterocycles. The van der Waals surface area contributed by atoms with Crippen LogP contribution in [0.3, 0.4) is 0 Å². The molecule has 18 heavy (non-hydrogen) atoms. The van der Waals surface area contributed by atoms with Gasteiger partial charge in [-0.3, -0.25) is 0 Å². The van der Waals surface area contributed by atoms with Crippen molar-refractivity contribution in [1.29, 1.82) is 0 Å². The highest BCUT2D eigenvalue weighted by Crippen LogP contribution is 2.28. The second-order valence-electron chi connectivity index (χ2n) is 6.26. The van der Waals surface area contributed by atoms with Crippen molar-refractivity contribution in [3.8, 4) is 0 Å². The minimum absolute atomic E-state index is 0.175. The molecule has 0 saturated heterocycles. The highest BCUT2D eigenvalue weighted by atomic mass is 16.3. The average molecular weight is 245 g/mol. The number of fused-ring (bicyclic) bond motifs is 1. The Morgan fingerprint density at radius 3 is 2.56 bits per heavy atom. The SMILES string of the molecule is CC(C)NCc1coc2ccc(C(C)(C)C)cc12. The summed E-state index contributed by atoms with van der Waals surface area (Å²) in [4.78, 5) is 0. The van der Waals surface area contributed by atoms with Gasteiger partial charge in [-0.05, 0) is 23.1 Å². The maximum atomic E-state index is 5.61. The molecule has 2 nitrogen and oxygen atoms in total. The lowest BCUT2D eigenvalue weighted by Gasteiger charge is -2.19. The Labute approximate surface area is 109 Å². The third-order valence-corrected chi connectivity index (χ3v) is 3.22. The molecule has 1 heterocycles. The van der Waals surface area contributed by atoms with E-state index in [4.69, 9.17) is 4.42 Å². The van der Waals surface area contributed by atoms with E-state index in [1.165, 1.54) is 16.5 Å². The molecular weight excluding hydrogens is 222 g/mol. The van der Waals surface area contributed by atoms with Crippen molar-refractivity contribution >= 4 is 11.0 Å². The van der Waals surface area contributed by atoms with E-state index in [-0.39, 0.29) is 5.41 Å². The molecule has 98 valence electrons. The Balaban J connectivity index is 2.37. The molecular formula is C16H23NO. The fourth-order valence-corrected chi connectivity index (χ4v) is 2.00. The molecule has 1 aromatic carbocycles. The summed E-state index contributed by atoms with van der Waals surface area (Å²) >= 11 is 0. The molecule has 0 amide bonds. The maximum absolute atomic E-state index is 5.61. The Kier molecular flexibility index (Phi) is 3.49. The Morgan fingerprint density at radius 2 is 1.94 bits per heavy atom. The standard InChI is InChI=1S/C16H23NO/c1-11(2)17-9-12-10-18-15-7-6-13(8-14(12)15)16(3,4)5/h6-8,10-11,17H,9H2,1-5H3. The van der Waals surface area contributed by atoms with Crippen LogP contribution in [0.1, 0.15) is 45.7 Å². The number of furan rings is 1. The lowest BCUT2D eigenvalue weighted by atomic mass is 9.86. The molecule has 2 rings (SSSR count). The van der Waals surface area contributed by atoms with Crippen LogP contribution in [0.25, 0.3) is 11.0 Å². The first-order valence-electron chi connectivity index (χ1n) is 6.62. The number of nitrogens with one attached hydrogen (secondary N) is 1. The Hall–Kier alpha value is -1.28. The lowest BCUT2D eigenvalue weighted by molar-refractivity contribution is 0.572. The Bertz CT molecular complexity index is 532. The minimum Gasteiger partial charge on any atom is -0.464 e. The predicted octanol–water partition coefficient (Wildman–Crippen LogP) is 4.23. The normalized spacial score (nSPS) is 12.6. The first-order valence-corrected chi connectivity index (χ1v) is 6.62. The molecule has 0 aliphatic rings. The largest absolute Gasteiger partial charge is 0.464 e. The fourth-order valence-electron chi connectivity index (χ4n) is 2.00. The number of hydrogen-bond donors (Lipinski definition) is 1. The van der Waals surface area contributed by atoms with E-state index in [2.05, 4.69) is 58.1 Å². The molecule has 2 aromatic rings. The zero-order valence-electron chi connectivity index (χ0n) is 12.0. The van der Waals surface area contributed by atoms with Crippen molar-refractivity contribution in [1.82, 2.24) is 5.32 Å². The van der Waals surface area contributed by atoms with Gasteiger partial charge >= 0.3 is 0 Å². The summed E-state index contributed by atoms with van der Waals surface area (Å²) in [7, 11) is 0. The van der Waals surface area contributed by atoms with Crippen molar-refractivity contribution in [2.45, 2.75) is 52.6 Å². The van der Waals surface area contributed by atoms with Crippen LogP contribution >= 0.6 is 0 Å². The third kappa shape index (κ3) is 2.75. The van der Waals surface area contributed by atoms with Crippen LogP contribution in [-0.4, -0.2) is 6.04 Å². The van der Waals surface area contributed by atoms with Crippen molar-refractivity contribution in [2.24, 2.45) is 0 Å². The summed E-state index contributed by atoms with van der Waals surface area (Å²) in [6, 6.07) is 6.98. The van der Waals surface area contributed by atoms with E-state index in [0.29, 0.717) is 6.04 Å². The van der Waals surface area contributed by atoms with Crippen LogP contribution in [0.15, 0.2) is 28.9 Å². The van der Waals surface area contributed by atoms with E-state index in [1.54, 1.807) is 0 Å². The van der Waals surface area contributed by atoms with E-state index >= 15 is 0 Å². The summed E-state index contributed by atoms with van der Waals surface area (Å²) in [6.07, 6.45) is 1.87. The quantitative estimate of drug-likeness (QED) is 0.875. The van der Waals surface area contributed by atoms with Crippen LogP contribution in [0.5, 0.6) is 0 Å².